The summed E-state index contributed by atoms with van der Waals surface area (Å²) in [4.78, 5) is 35.7. The Labute approximate surface area is 163 Å². The minimum Gasteiger partial charge on any atom is -0.497 e. The quantitative estimate of drug-likeness (QED) is 0.228. The molecule has 0 N–H and O–H groups in total. The van der Waals surface area contributed by atoms with E-state index < -0.39 is 11.9 Å². The Morgan fingerprint density at radius 3 is 2.36 bits per heavy atom. The summed E-state index contributed by atoms with van der Waals surface area (Å²) < 4.78 is 15.2. The average molecular weight is 380 g/mol. The molecule has 28 heavy (non-hydrogen) atoms. The number of allylic oxidation sites excluding steroid dienone is 3. The van der Waals surface area contributed by atoms with Gasteiger partial charge in [-0.1, -0.05) is 24.3 Å². The molecular formula is C22H20O6. The summed E-state index contributed by atoms with van der Waals surface area (Å²) in [6, 6.07) is 12.6. The van der Waals surface area contributed by atoms with Gasteiger partial charge in [-0.05, 0) is 49.4 Å². The maximum Gasteiger partial charge on any atom is 0.343 e. The molecule has 0 aliphatic rings. The molecule has 0 saturated heterocycles. The van der Waals surface area contributed by atoms with Crippen LogP contribution in [0.1, 0.15) is 27.6 Å². The van der Waals surface area contributed by atoms with Gasteiger partial charge in [0.25, 0.3) is 0 Å². The number of esters is 2. The molecule has 0 amide bonds. The van der Waals surface area contributed by atoms with Gasteiger partial charge < -0.3 is 14.2 Å². The van der Waals surface area contributed by atoms with Crippen LogP contribution >= 0.6 is 0 Å². The van der Waals surface area contributed by atoms with E-state index in [1.165, 1.54) is 43.5 Å². The van der Waals surface area contributed by atoms with E-state index >= 15 is 0 Å². The van der Waals surface area contributed by atoms with E-state index in [-0.39, 0.29) is 18.1 Å². The molecule has 6 nitrogen and oxygen atoms in total. The Morgan fingerprint density at radius 2 is 1.68 bits per heavy atom. The van der Waals surface area contributed by atoms with E-state index in [1.807, 2.05) is 6.92 Å². The minimum atomic E-state index is -0.602. The second kappa shape index (κ2) is 10.5. The van der Waals surface area contributed by atoms with Crippen LogP contribution in [0.25, 0.3) is 0 Å². The van der Waals surface area contributed by atoms with Crippen molar-refractivity contribution in [2.75, 3.05) is 13.7 Å². The highest BCUT2D eigenvalue weighted by molar-refractivity contribution is 5.98. The van der Waals surface area contributed by atoms with Gasteiger partial charge in [-0.25, -0.2) is 9.59 Å². The third-order valence-corrected chi connectivity index (χ3v) is 3.57. The Morgan fingerprint density at radius 1 is 0.929 bits per heavy atom. The Hall–Kier alpha value is -3.67. The van der Waals surface area contributed by atoms with Gasteiger partial charge in [-0.3, -0.25) is 4.79 Å². The van der Waals surface area contributed by atoms with Crippen molar-refractivity contribution in [3.63, 3.8) is 0 Å². The molecule has 0 heterocycles. The monoisotopic (exact) mass is 380 g/mol. The normalized spacial score (nSPS) is 10.8. The lowest BCUT2D eigenvalue weighted by molar-refractivity contribution is -0.136. The predicted octanol–water partition coefficient (Wildman–Crippen LogP) is 3.77. The van der Waals surface area contributed by atoms with Crippen LogP contribution in [0.4, 0.5) is 0 Å². The van der Waals surface area contributed by atoms with Crippen molar-refractivity contribution in [3.8, 4) is 11.5 Å². The van der Waals surface area contributed by atoms with Crippen molar-refractivity contribution >= 4 is 17.7 Å². The highest BCUT2D eigenvalue weighted by Gasteiger charge is 2.12. The van der Waals surface area contributed by atoms with E-state index in [0.29, 0.717) is 16.9 Å². The van der Waals surface area contributed by atoms with Crippen LogP contribution in [0, 0.1) is 0 Å². The molecule has 6 heteroatoms. The zero-order chi connectivity index (χ0) is 20.4. The summed E-state index contributed by atoms with van der Waals surface area (Å²) in [6.45, 7) is 1.44. The summed E-state index contributed by atoms with van der Waals surface area (Å²) in [5, 5.41) is 0. The number of hydrogen-bond donors (Lipinski definition) is 0. The van der Waals surface area contributed by atoms with Crippen molar-refractivity contribution in [1.82, 2.24) is 0 Å². The third-order valence-electron chi connectivity index (χ3n) is 3.57. The fraction of sp³-hybridized carbons (Fsp3) is 0.136. The summed E-state index contributed by atoms with van der Waals surface area (Å²) >= 11 is 0. The molecule has 0 radical (unpaired) electrons. The lowest BCUT2D eigenvalue weighted by Crippen LogP contribution is -2.13. The van der Waals surface area contributed by atoms with Gasteiger partial charge in [-0.15, -0.1) is 0 Å². The molecule has 144 valence electrons. The summed E-state index contributed by atoms with van der Waals surface area (Å²) in [6.07, 6.45) is 6.19. The number of benzene rings is 2. The van der Waals surface area contributed by atoms with Gasteiger partial charge in [0, 0.05) is 11.6 Å². The topological polar surface area (TPSA) is 78.9 Å². The van der Waals surface area contributed by atoms with E-state index in [1.54, 1.807) is 36.4 Å². The predicted molar refractivity (Wildman–Crippen MR) is 104 cm³/mol. The molecule has 0 aliphatic heterocycles. The van der Waals surface area contributed by atoms with Crippen LogP contribution in [0.2, 0.25) is 0 Å². The van der Waals surface area contributed by atoms with Crippen LogP contribution in [0.5, 0.6) is 11.5 Å². The van der Waals surface area contributed by atoms with Crippen LogP contribution in [0.15, 0.2) is 72.8 Å². The standard InChI is InChI=1S/C22H20O6/c1-3-4-5-9-21(24)27-15-20(23)16-10-12-18(13-11-16)28-22(25)17-7-6-8-19(14-17)26-2/h3-14H,15H2,1-2H3/b4-3+,9-5+. The smallest absolute Gasteiger partial charge is 0.343 e. The molecule has 0 spiro atoms. The zero-order valence-corrected chi connectivity index (χ0v) is 15.6. The van der Waals surface area contributed by atoms with E-state index in [4.69, 9.17) is 14.2 Å². The molecule has 0 saturated carbocycles. The molecule has 0 fully saturated rings. The SMILES string of the molecule is C/C=C/C=C/C(=O)OCC(=O)c1ccc(OC(=O)c2cccc(OC)c2)cc1. The highest BCUT2D eigenvalue weighted by atomic mass is 16.5. The fourth-order valence-electron chi connectivity index (χ4n) is 2.14. The Kier molecular flexibility index (Phi) is 7.72. The first-order valence-corrected chi connectivity index (χ1v) is 8.49. The molecular weight excluding hydrogens is 360 g/mol. The maximum absolute atomic E-state index is 12.2. The van der Waals surface area contributed by atoms with Crippen molar-refractivity contribution in [2.45, 2.75) is 6.92 Å². The minimum absolute atomic E-state index is 0.288. The molecule has 0 unspecified atom stereocenters. The number of carbonyl (C=O) groups is 3. The third kappa shape index (κ3) is 6.25. The maximum atomic E-state index is 12.2. The second-order valence-electron chi connectivity index (χ2n) is 5.56. The van der Waals surface area contributed by atoms with Crippen molar-refractivity contribution in [2.24, 2.45) is 0 Å². The first-order valence-electron chi connectivity index (χ1n) is 8.49. The van der Waals surface area contributed by atoms with Crippen molar-refractivity contribution < 1.29 is 28.6 Å². The molecule has 2 aromatic carbocycles. The Balaban J connectivity index is 1.92. The summed E-state index contributed by atoms with van der Waals surface area (Å²) in [5.41, 5.74) is 0.684. The number of methoxy groups -OCH3 is 1. The summed E-state index contributed by atoms with van der Waals surface area (Å²) in [7, 11) is 1.51. The van der Waals surface area contributed by atoms with Gasteiger partial charge in [0.1, 0.15) is 11.5 Å². The van der Waals surface area contributed by atoms with Gasteiger partial charge in [-0.2, -0.15) is 0 Å². The molecule has 0 aromatic heterocycles. The molecule has 0 aliphatic carbocycles. The van der Waals surface area contributed by atoms with Crippen LogP contribution < -0.4 is 9.47 Å². The first kappa shape index (κ1) is 20.6. The number of hydrogen-bond acceptors (Lipinski definition) is 6. The number of ether oxygens (including phenoxy) is 3. The first-order chi connectivity index (χ1) is 13.5. The number of Topliss-reactive ketones (excluding diaryl/α,β-unsaturated/α-hetero) is 1. The molecule has 0 atom stereocenters. The van der Waals surface area contributed by atoms with Crippen LogP contribution in [0.3, 0.4) is 0 Å². The van der Waals surface area contributed by atoms with Gasteiger partial charge in [0.2, 0.25) is 0 Å². The van der Waals surface area contributed by atoms with Crippen molar-refractivity contribution in [1.29, 1.82) is 0 Å². The lowest BCUT2D eigenvalue weighted by Gasteiger charge is -2.07. The molecule has 0 bridgehead atoms. The average Bonchev–Trinajstić information content (AvgIpc) is 2.72. The lowest BCUT2D eigenvalue weighted by atomic mass is 10.1. The largest absolute Gasteiger partial charge is 0.497 e. The fourth-order valence-corrected chi connectivity index (χ4v) is 2.14. The summed E-state index contributed by atoms with van der Waals surface area (Å²) in [5.74, 6) is -0.672. The van der Waals surface area contributed by atoms with E-state index in [2.05, 4.69) is 0 Å². The second-order valence-corrected chi connectivity index (χ2v) is 5.56. The molecule has 2 rings (SSSR count). The number of ketones is 1. The Bertz CT molecular complexity index is 893. The zero-order valence-electron chi connectivity index (χ0n) is 15.6. The van der Waals surface area contributed by atoms with E-state index in [9.17, 15) is 14.4 Å². The van der Waals surface area contributed by atoms with Gasteiger partial charge in [0.15, 0.2) is 12.4 Å². The number of carbonyl (C=O) groups excluding carboxylic acids is 3. The van der Waals surface area contributed by atoms with E-state index in [0.717, 1.165) is 0 Å². The van der Waals surface area contributed by atoms with Gasteiger partial charge in [0.05, 0.1) is 12.7 Å². The van der Waals surface area contributed by atoms with Crippen molar-refractivity contribution in [3.05, 3.63) is 84.0 Å². The molecule has 2 aromatic rings. The number of rotatable bonds is 8. The van der Waals surface area contributed by atoms with Gasteiger partial charge >= 0.3 is 11.9 Å². The van der Waals surface area contributed by atoms with Crippen LogP contribution in [-0.2, 0) is 9.53 Å². The highest BCUT2D eigenvalue weighted by Crippen LogP contribution is 2.17. The van der Waals surface area contributed by atoms with Crippen LogP contribution in [-0.4, -0.2) is 31.4 Å².